The predicted molar refractivity (Wildman–Crippen MR) is 48.8 cm³/mol. The first-order valence-electron chi connectivity index (χ1n) is 3.92. The Bertz CT molecular complexity index is 309. The second-order valence-corrected chi connectivity index (χ2v) is 2.70. The lowest BCUT2D eigenvalue weighted by Crippen LogP contribution is -2.17. The van der Waals surface area contributed by atoms with Crippen LogP contribution in [0.2, 0.25) is 0 Å². The Hall–Kier alpha value is -1.51. The summed E-state index contributed by atoms with van der Waals surface area (Å²) in [6.45, 7) is 1.67. The molecule has 0 bridgehead atoms. The molecule has 1 heterocycles. The van der Waals surface area contributed by atoms with Crippen molar-refractivity contribution < 1.29 is 5.11 Å². The van der Waals surface area contributed by atoms with Gasteiger partial charge in [-0.15, -0.1) is 0 Å². The Balaban J connectivity index is 2.33. The summed E-state index contributed by atoms with van der Waals surface area (Å²) >= 11 is 0. The fourth-order valence-corrected chi connectivity index (χ4v) is 1.27. The molecule has 62 valence electrons. The number of hydrogen-bond donors (Lipinski definition) is 1. The highest BCUT2D eigenvalue weighted by Crippen LogP contribution is 2.25. The van der Waals surface area contributed by atoms with Crippen LogP contribution in [0.4, 0.5) is 5.69 Å². The Morgan fingerprint density at radius 2 is 2.17 bits per heavy atom. The third kappa shape index (κ3) is 1.13. The van der Waals surface area contributed by atoms with Gasteiger partial charge < -0.3 is 10.0 Å². The predicted octanol–water partition coefficient (Wildman–Crippen LogP) is 1.24. The van der Waals surface area contributed by atoms with Crippen molar-refractivity contribution in [1.29, 1.82) is 0 Å². The zero-order chi connectivity index (χ0) is 8.39. The maximum absolute atomic E-state index is 9.47. The third-order valence-corrected chi connectivity index (χ3v) is 1.88. The topological polar surface area (TPSA) is 35.8 Å². The fourth-order valence-electron chi connectivity index (χ4n) is 1.27. The summed E-state index contributed by atoms with van der Waals surface area (Å²) in [5, 5.41) is 9.47. The van der Waals surface area contributed by atoms with Crippen molar-refractivity contribution in [3.63, 3.8) is 0 Å². The molecule has 0 aliphatic carbocycles. The normalized spacial score (nSPS) is 15.5. The maximum atomic E-state index is 9.47. The van der Waals surface area contributed by atoms with Crippen molar-refractivity contribution >= 4 is 12.0 Å². The molecule has 0 spiro atoms. The van der Waals surface area contributed by atoms with Crippen molar-refractivity contribution in [2.24, 2.45) is 4.99 Å². The van der Waals surface area contributed by atoms with Gasteiger partial charge in [-0.25, -0.2) is 0 Å². The highest BCUT2D eigenvalue weighted by Gasteiger charge is 2.10. The molecule has 3 heteroatoms. The van der Waals surface area contributed by atoms with E-state index >= 15 is 0 Å². The van der Waals surface area contributed by atoms with Crippen molar-refractivity contribution in [2.75, 3.05) is 18.0 Å². The molecule has 0 atom stereocenters. The largest absolute Gasteiger partial charge is 0.506 e. The third-order valence-electron chi connectivity index (χ3n) is 1.88. The average Bonchev–Trinajstić information content (AvgIpc) is 2.57. The molecule has 1 aromatic carbocycles. The molecule has 0 saturated carbocycles. The van der Waals surface area contributed by atoms with Gasteiger partial charge in [-0.3, -0.25) is 4.99 Å². The molecule has 0 saturated heterocycles. The minimum Gasteiger partial charge on any atom is -0.506 e. The molecule has 0 amide bonds. The number of aliphatic imine (C=N–C) groups is 1. The number of para-hydroxylation sites is 2. The van der Waals surface area contributed by atoms with Crippen LogP contribution in [0.1, 0.15) is 0 Å². The summed E-state index contributed by atoms with van der Waals surface area (Å²) in [5.74, 6) is 0.311. The molecule has 12 heavy (non-hydrogen) atoms. The molecule has 2 rings (SSSR count). The van der Waals surface area contributed by atoms with Crippen LogP contribution in [0.15, 0.2) is 29.3 Å². The van der Waals surface area contributed by atoms with Crippen LogP contribution in [0.25, 0.3) is 0 Å². The van der Waals surface area contributed by atoms with Gasteiger partial charge in [-0.05, 0) is 12.1 Å². The lowest BCUT2D eigenvalue weighted by Gasteiger charge is -2.14. The summed E-state index contributed by atoms with van der Waals surface area (Å²) in [6, 6.07) is 7.28. The molecule has 0 fully saturated rings. The summed E-state index contributed by atoms with van der Waals surface area (Å²) in [7, 11) is 0. The quantitative estimate of drug-likeness (QED) is 0.674. The lowest BCUT2D eigenvalue weighted by molar-refractivity contribution is 0.476. The minimum absolute atomic E-state index is 0.311. The van der Waals surface area contributed by atoms with Gasteiger partial charge >= 0.3 is 0 Å². The average molecular weight is 162 g/mol. The Labute approximate surface area is 71.0 Å². The molecular formula is C9H10N2O. The number of benzene rings is 1. The van der Waals surface area contributed by atoms with E-state index in [-0.39, 0.29) is 0 Å². The highest BCUT2D eigenvalue weighted by molar-refractivity contribution is 5.83. The van der Waals surface area contributed by atoms with Crippen LogP contribution in [0.5, 0.6) is 5.75 Å². The number of phenols is 1. The highest BCUT2D eigenvalue weighted by atomic mass is 16.3. The smallest absolute Gasteiger partial charge is 0.139 e. The monoisotopic (exact) mass is 162 g/mol. The first-order valence-corrected chi connectivity index (χ1v) is 3.92. The standard InChI is InChI=1S/C9H10N2O/c12-9-4-2-1-3-8(9)11-6-5-10-7-11/h1-4,7,12H,5-6H2. The summed E-state index contributed by atoms with van der Waals surface area (Å²) < 4.78 is 0. The lowest BCUT2D eigenvalue weighted by atomic mass is 10.3. The molecule has 1 aromatic rings. The molecule has 3 nitrogen and oxygen atoms in total. The van der Waals surface area contributed by atoms with Gasteiger partial charge in [0.2, 0.25) is 0 Å². The first kappa shape index (κ1) is 7.16. The Morgan fingerprint density at radius 3 is 2.83 bits per heavy atom. The van der Waals surface area contributed by atoms with Crippen LogP contribution in [0.3, 0.4) is 0 Å². The van der Waals surface area contributed by atoms with Crippen molar-refractivity contribution in [1.82, 2.24) is 0 Å². The van der Waals surface area contributed by atoms with E-state index in [1.54, 1.807) is 12.4 Å². The van der Waals surface area contributed by atoms with Crippen LogP contribution in [-0.2, 0) is 0 Å². The van der Waals surface area contributed by atoms with Gasteiger partial charge in [0.05, 0.1) is 18.6 Å². The van der Waals surface area contributed by atoms with Crippen LogP contribution < -0.4 is 4.90 Å². The van der Waals surface area contributed by atoms with E-state index in [2.05, 4.69) is 4.99 Å². The van der Waals surface area contributed by atoms with Crippen LogP contribution in [0, 0.1) is 0 Å². The van der Waals surface area contributed by atoms with E-state index < -0.39 is 0 Å². The van der Waals surface area contributed by atoms with Gasteiger partial charge in [-0.1, -0.05) is 12.1 Å². The zero-order valence-electron chi connectivity index (χ0n) is 6.64. The molecule has 1 N–H and O–H groups in total. The number of hydrogen-bond acceptors (Lipinski definition) is 3. The van der Waals surface area contributed by atoms with E-state index in [0.29, 0.717) is 5.75 Å². The number of phenolic OH excluding ortho intramolecular Hbond substituents is 1. The van der Waals surface area contributed by atoms with Gasteiger partial charge in [0, 0.05) is 6.54 Å². The molecule has 0 aromatic heterocycles. The van der Waals surface area contributed by atoms with Crippen molar-refractivity contribution in [2.45, 2.75) is 0 Å². The molecular weight excluding hydrogens is 152 g/mol. The van der Waals surface area contributed by atoms with Gasteiger partial charge in [0.1, 0.15) is 5.75 Å². The number of anilines is 1. The van der Waals surface area contributed by atoms with E-state index in [1.807, 2.05) is 23.1 Å². The summed E-state index contributed by atoms with van der Waals surface area (Å²) in [4.78, 5) is 6.01. The molecule has 1 aliphatic rings. The second-order valence-electron chi connectivity index (χ2n) is 2.70. The first-order chi connectivity index (χ1) is 5.88. The molecule has 0 radical (unpaired) electrons. The van der Waals surface area contributed by atoms with E-state index in [9.17, 15) is 5.11 Å². The van der Waals surface area contributed by atoms with E-state index in [1.165, 1.54) is 0 Å². The summed E-state index contributed by atoms with van der Waals surface area (Å²) in [5.41, 5.74) is 0.832. The number of aromatic hydroxyl groups is 1. The van der Waals surface area contributed by atoms with Crippen LogP contribution >= 0.6 is 0 Å². The molecule has 0 unspecified atom stereocenters. The van der Waals surface area contributed by atoms with Gasteiger partial charge in [-0.2, -0.15) is 0 Å². The SMILES string of the molecule is Oc1ccccc1N1C=NCC1. The summed E-state index contributed by atoms with van der Waals surface area (Å²) in [6.07, 6.45) is 1.76. The zero-order valence-corrected chi connectivity index (χ0v) is 6.64. The van der Waals surface area contributed by atoms with Gasteiger partial charge in [0.25, 0.3) is 0 Å². The Morgan fingerprint density at radius 1 is 1.33 bits per heavy atom. The van der Waals surface area contributed by atoms with Crippen molar-refractivity contribution in [3.8, 4) is 5.75 Å². The van der Waals surface area contributed by atoms with E-state index in [0.717, 1.165) is 18.8 Å². The van der Waals surface area contributed by atoms with Crippen LogP contribution in [-0.4, -0.2) is 24.5 Å². The Kier molecular flexibility index (Phi) is 1.70. The fraction of sp³-hybridized carbons (Fsp3) is 0.222. The minimum atomic E-state index is 0.311. The number of nitrogens with zero attached hydrogens (tertiary/aromatic N) is 2. The number of rotatable bonds is 1. The van der Waals surface area contributed by atoms with E-state index in [4.69, 9.17) is 0 Å². The van der Waals surface area contributed by atoms with Crippen molar-refractivity contribution in [3.05, 3.63) is 24.3 Å². The molecule has 1 aliphatic heterocycles. The second kappa shape index (κ2) is 2.85. The van der Waals surface area contributed by atoms with Gasteiger partial charge in [0.15, 0.2) is 0 Å². The maximum Gasteiger partial charge on any atom is 0.139 e.